The third-order valence-electron chi connectivity index (χ3n) is 2.48. The van der Waals surface area contributed by atoms with Gasteiger partial charge >= 0.3 is 0 Å². The number of rotatable bonds is 8. The fourth-order valence-electron chi connectivity index (χ4n) is 1.14. The highest BCUT2D eigenvalue weighted by Gasteiger charge is 2.01. The van der Waals surface area contributed by atoms with Crippen LogP contribution in [0.4, 0.5) is 0 Å². The quantitative estimate of drug-likeness (QED) is 0.588. The van der Waals surface area contributed by atoms with Crippen LogP contribution in [0.1, 0.15) is 20.3 Å². The summed E-state index contributed by atoms with van der Waals surface area (Å²) < 4.78 is 0. The van der Waals surface area contributed by atoms with E-state index in [0.717, 1.165) is 19.6 Å². The molecule has 0 aromatic heterocycles. The summed E-state index contributed by atoms with van der Waals surface area (Å²) in [4.78, 5) is 4.58. The first kappa shape index (κ1) is 13.9. The van der Waals surface area contributed by atoms with Crippen molar-refractivity contribution in [3.05, 3.63) is 0 Å². The molecule has 0 unspecified atom stereocenters. The summed E-state index contributed by atoms with van der Waals surface area (Å²) in [6.07, 6.45) is 1.24. The van der Waals surface area contributed by atoms with E-state index >= 15 is 0 Å². The largest absolute Gasteiger partial charge is 0.315 e. The second-order valence-corrected chi connectivity index (χ2v) is 4.48. The van der Waals surface area contributed by atoms with Crippen LogP contribution in [0, 0.1) is 0 Å². The summed E-state index contributed by atoms with van der Waals surface area (Å²) in [7, 11) is 6.40. The zero-order chi connectivity index (χ0) is 11.0. The maximum Gasteiger partial charge on any atom is 0.0101 e. The van der Waals surface area contributed by atoms with Crippen LogP contribution in [0.3, 0.4) is 0 Å². The number of nitrogens with zero attached hydrogens (tertiary/aromatic N) is 2. The Bertz CT molecular complexity index is 124. The average molecular weight is 201 g/mol. The van der Waals surface area contributed by atoms with Crippen molar-refractivity contribution in [3.8, 4) is 0 Å². The maximum absolute atomic E-state index is 3.44. The van der Waals surface area contributed by atoms with Gasteiger partial charge in [-0.3, -0.25) is 0 Å². The minimum absolute atomic E-state index is 0.664. The number of hydrogen-bond acceptors (Lipinski definition) is 3. The van der Waals surface area contributed by atoms with Crippen LogP contribution in [-0.2, 0) is 0 Å². The molecular weight excluding hydrogens is 174 g/mol. The van der Waals surface area contributed by atoms with E-state index in [1.54, 1.807) is 0 Å². The molecule has 0 aliphatic rings. The predicted octanol–water partition coefficient (Wildman–Crippen LogP) is 0.868. The molecule has 0 bridgehead atoms. The molecule has 0 saturated heterocycles. The minimum Gasteiger partial charge on any atom is -0.315 e. The van der Waals surface area contributed by atoms with Gasteiger partial charge in [-0.2, -0.15) is 0 Å². The van der Waals surface area contributed by atoms with Crippen molar-refractivity contribution >= 4 is 0 Å². The SMILES string of the molecule is CC(C)N(C)CCCNCCN(C)C. The topological polar surface area (TPSA) is 18.5 Å². The van der Waals surface area contributed by atoms with Gasteiger partial charge in [0.05, 0.1) is 0 Å². The van der Waals surface area contributed by atoms with Crippen molar-refractivity contribution < 1.29 is 0 Å². The van der Waals surface area contributed by atoms with Crippen LogP contribution in [-0.4, -0.2) is 63.2 Å². The molecule has 0 radical (unpaired) electrons. The molecule has 0 aromatic rings. The highest BCUT2D eigenvalue weighted by atomic mass is 15.1. The van der Waals surface area contributed by atoms with Crippen LogP contribution >= 0.6 is 0 Å². The Morgan fingerprint density at radius 2 is 1.64 bits per heavy atom. The Kier molecular flexibility index (Phi) is 8.14. The summed E-state index contributed by atoms with van der Waals surface area (Å²) in [5.41, 5.74) is 0. The van der Waals surface area contributed by atoms with Gasteiger partial charge in [0.1, 0.15) is 0 Å². The van der Waals surface area contributed by atoms with Gasteiger partial charge in [-0.25, -0.2) is 0 Å². The fraction of sp³-hybridized carbons (Fsp3) is 1.00. The van der Waals surface area contributed by atoms with E-state index in [1.807, 2.05) is 0 Å². The lowest BCUT2D eigenvalue weighted by atomic mass is 10.3. The van der Waals surface area contributed by atoms with Crippen LogP contribution < -0.4 is 5.32 Å². The molecule has 0 heterocycles. The van der Waals surface area contributed by atoms with E-state index in [4.69, 9.17) is 0 Å². The number of likely N-dealkylation sites (N-methyl/N-ethyl adjacent to an activating group) is 1. The molecule has 1 N–H and O–H groups in total. The summed E-state index contributed by atoms with van der Waals surface area (Å²) in [6.45, 7) is 9.01. The molecule has 0 aromatic carbocycles. The molecule has 0 aliphatic heterocycles. The van der Waals surface area contributed by atoms with Crippen molar-refractivity contribution in [3.63, 3.8) is 0 Å². The van der Waals surface area contributed by atoms with E-state index in [9.17, 15) is 0 Å². The van der Waals surface area contributed by atoms with Gasteiger partial charge in [0, 0.05) is 19.1 Å². The normalized spacial score (nSPS) is 12.0. The molecule has 0 aliphatic carbocycles. The Hall–Kier alpha value is -0.120. The zero-order valence-electron chi connectivity index (χ0n) is 10.5. The predicted molar refractivity (Wildman–Crippen MR) is 63.8 cm³/mol. The Morgan fingerprint density at radius 1 is 1.00 bits per heavy atom. The number of hydrogen-bond donors (Lipinski definition) is 1. The average Bonchev–Trinajstić information content (AvgIpc) is 2.09. The summed E-state index contributed by atoms with van der Waals surface area (Å²) >= 11 is 0. The second-order valence-electron chi connectivity index (χ2n) is 4.48. The Morgan fingerprint density at radius 3 is 2.14 bits per heavy atom. The van der Waals surface area contributed by atoms with Gasteiger partial charge in [0.25, 0.3) is 0 Å². The highest BCUT2D eigenvalue weighted by molar-refractivity contribution is 4.58. The van der Waals surface area contributed by atoms with Gasteiger partial charge in [-0.1, -0.05) is 0 Å². The van der Waals surface area contributed by atoms with E-state index < -0.39 is 0 Å². The lowest BCUT2D eigenvalue weighted by Gasteiger charge is -2.20. The first-order chi connectivity index (χ1) is 6.54. The van der Waals surface area contributed by atoms with E-state index in [2.05, 4.69) is 50.1 Å². The molecule has 0 amide bonds. The van der Waals surface area contributed by atoms with Crippen LogP contribution in [0.25, 0.3) is 0 Å². The third-order valence-corrected chi connectivity index (χ3v) is 2.48. The van der Waals surface area contributed by atoms with Gasteiger partial charge < -0.3 is 15.1 Å². The van der Waals surface area contributed by atoms with E-state index in [1.165, 1.54) is 13.0 Å². The molecule has 3 nitrogen and oxygen atoms in total. The van der Waals surface area contributed by atoms with Crippen molar-refractivity contribution in [2.24, 2.45) is 0 Å². The highest BCUT2D eigenvalue weighted by Crippen LogP contribution is 1.93. The van der Waals surface area contributed by atoms with Crippen LogP contribution in [0.5, 0.6) is 0 Å². The monoisotopic (exact) mass is 201 g/mol. The van der Waals surface area contributed by atoms with Crippen molar-refractivity contribution in [1.29, 1.82) is 0 Å². The second kappa shape index (κ2) is 8.21. The molecule has 86 valence electrons. The molecule has 0 fully saturated rings. The number of nitrogens with one attached hydrogen (secondary N) is 1. The Balaban J connectivity index is 3.13. The molecule has 0 rings (SSSR count). The van der Waals surface area contributed by atoms with Crippen molar-refractivity contribution in [2.45, 2.75) is 26.3 Å². The van der Waals surface area contributed by atoms with Crippen molar-refractivity contribution in [2.75, 3.05) is 47.3 Å². The molecule has 0 spiro atoms. The van der Waals surface area contributed by atoms with Gasteiger partial charge in [-0.15, -0.1) is 0 Å². The summed E-state index contributed by atoms with van der Waals surface area (Å²) in [5.74, 6) is 0. The maximum atomic E-state index is 3.44. The molecule has 0 saturated carbocycles. The third kappa shape index (κ3) is 8.48. The molecular formula is C11H27N3. The van der Waals surface area contributed by atoms with E-state index in [-0.39, 0.29) is 0 Å². The van der Waals surface area contributed by atoms with Crippen molar-refractivity contribution in [1.82, 2.24) is 15.1 Å². The Labute approximate surface area is 89.5 Å². The summed E-state index contributed by atoms with van der Waals surface area (Å²) in [6, 6.07) is 0.664. The van der Waals surface area contributed by atoms with Crippen LogP contribution in [0.2, 0.25) is 0 Å². The van der Waals surface area contributed by atoms with E-state index in [0.29, 0.717) is 6.04 Å². The van der Waals surface area contributed by atoms with Gasteiger partial charge in [0.15, 0.2) is 0 Å². The minimum atomic E-state index is 0.664. The molecule has 14 heavy (non-hydrogen) atoms. The lowest BCUT2D eigenvalue weighted by Crippen LogP contribution is -2.31. The van der Waals surface area contributed by atoms with Gasteiger partial charge in [-0.05, 0) is 54.5 Å². The fourth-order valence-corrected chi connectivity index (χ4v) is 1.14. The smallest absolute Gasteiger partial charge is 0.0101 e. The molecule has 3 heteroatoms. The molecule has 0 atom stereocenters. The van der Waals surface area contributed by atoms with Gasteiger partial charge in [0.2, 0.25) is 0 Å². The standard InChI is InChI=1S/C11H27N3/c1-11(2)14(5)9-6-7-12-8-10-13(3)4/h11-12H,6-10H2,1-5H3. The summed E-state index contributed by atoms with van der Waals surface area (Å²) in [5, 5.41) is 3.44. The first-order valence-corrected chi connectivity index (χ1v) is 5.59. The first-order valence-electron chi connectivity index (χ1n) is 5.59. The van der Waals surface area contributed by atoms with Crippen LogP contribution in [0.15, 0.2) is 0 Å². The lowest BCUT2D eigenvalue weighted by molar-refractivity contribution is 0.268. The zero-order valence-corrected chi connectivity index (χ0v) is 10.5.